The Kier molecular flexibility index (Phi) is 3.13. The quantitative estimate of drug-likeness (QED) is 0.863. The SMILES string of the molecule is O=C(NC1c2ccccc2CC1Br)c1cnns1. The van der Waals surface area contributed by atoms with Gasteiger partial charge in [-0.05, 0) is 29.1 Å². The highest BCUT2D eigenvalue weighted by Crippen LogP contribution is 2.35. The molecule has 1 aliphatic carbocycles. The second-order valence-electron chi connectivity index (χ2n) is 4.15. The Hall–Kier alpha value is -1.27. The van der Waals surface area contributed by atoms with Gasteiger partial charge in [-0.3, -0.25) is 4.79 Å². The average Bonchev–Trinajstić information content (AvgIpc) is 2.98. The molecule has 4 nitrogen and oxygen atoms in total. The lowest BCUT2D eigenvalue weighted by molar-refractivity contribution is 0.0942. The van der Waals surface area contributed by atoms with E-state index in [0.29, 0.717) is 4.88 Å². The number of amides is 1. The van der Waals surface area contributed by atoms with Crippen LogP contribution in [0.25, 0.3) is 0 Å². The maximum absolute atomic E-state index is 12.0. The molecule has 0 spiro atoms. The smallest absolute Gasteiger partial charge is 0.265 e. The summed E-state index contributed by atoms with van der Waals surface area (Å²) in [5.41, 5.74) is 2.47. The minimum Gasteiger partial charge on any atom is -0.343 e. The molecule has 92 valence electrons. The molecule has 6 heteroatoms. The Bertz CT molecular complexity index is 572. The third-order valence-corrected chi connectivity index (χ3v) is 4.55. The van der Waals surface area contributed by atoms with E-state index in [9.17, 15) is 4.79 Å². The molecule has 0 saturated heterocycles. The maximum Gasteiger partial charge on any atom is 0.265 e. The fourth-order valence-electron chi connectivity index (χ4n) is 2.19. The van der Waals surface area contributed by atoms with Gasteiger partial charge in [0.15, 0.2) is 0 Å². The van der Waals surface area contributed by atoms with Gasteiger partial charge in [0.2, 0.25) is 0 Å². The highest BCUT2D eigenvalue weighted by Gasteiger charge is 2.31. The first kappa shape index (κ1) is 11.8. The lowest BCUT2D eigenvalue weighted by atomic mass is 10.1. The highest BCUT2D eigenvalue weighted by molar-refractivity contribution is 9.09. The van der Waals surface area contributed by atoms with Crippen molar-refractivity contribution >= 4 is 33.4 Å². The summed E-state index contributed by atoms with van der Waals surface area (Å²) in [7, 11) is 0. The van der Waals surface area contributed by atoms with Crippen molar-refractivity contribution in [1.29, 1.82) is 0 Å². The molecule has 1 amide bonds. The van der Waals surface area contributed by atoms with Crippen molar-refractivity contribution in [2.24, 2.45) is 0 Å². The Morgan fingerprint density at radius 2 is 2.28 bits per heavy atom. The van der Waals surface area contributed by atoms with Crippen molar-refractivity contribution in [3.05, 3.63) is 46.5 Å². The number of fused-ring (bicyclic) bond motifs is 1. The number of rotatable bonds is 2. The molecule has 0 radical (unpaired) electrons. The zero-order valence-corrected chi connectivity index (χ0v) is 11.7. The van der Waals surface area contributed by atoms with Crippen LogP contribution in [0.2, 0.25) is 0 Å². The summed E-state index contributed by atoms with van der Waals surface area (Å²) in [5, 5.41) is 6.71. The standard InChI is InChI=1S/C12H10BrN3OS/c13-9-5-7-3-1-2-4-8(7)11(9)15-12(17)10-6-14-16-18-10/h1-4,6,9,11H,5H2,(H,15,17). The van der Waals surface area contributed by atoms with E-state index < -0.39 is 0 Å². The van der Waals surface area contributed by atoms with Crippen LogP contribution in [-0.2, 0) is 6.42 Å². The Morgan fingerprint density at radius 3 is 3.06 bits per heavy atom. The van der Waals surface area contributed by atoms with Gasteiger partial charge in [-0.15, -0.1) is 5.10 Å². The predicted molar refractivity (Wildman–Crippen MR) is 73.0 cm³/mol. The number of carbonyl (C=O) groups excluding carboxylic acids is 1. The minimum atomic E-state index is -0.115. The topological polar surface area (TPSA) is 54.9 Å². The van der Waals surface area contributed by atoms with Gasteiger partial charge in [0.25, 0.3) is 5.91 Å². The van der Waals surface area contributed by atoms with E-state index in [1.54, 1.807) is 0 Å². The number of hydrogen-bond acceptors (Lipinski definition) is 4. The number of carbonyl (C=O) groups is 1. The van der Waals surface area contributed by atoms with E-state index in [2.05, 4.69) is 43.0 Å². The fraction of sp³-hybridized carbons (Fsp3) is 0.250. The molecule has 1 aromatic carbocycles. The Balaban J connectivity index is 1.83. The Morgan fingerprint density at radius 1 is 1.44 bits per heavy atom. The molecule has 2 aromatic rings. The lowest BCUT2D eigenvalue weighted by Crippen LogP contribution is -2.31. The molecule has 0 fully saturated rings. The lowest BCUT2D eigenvalue weighted by Gasteiger charge is -2.16. The first-order chi connectivity index (χ1) is 8.75. The molecule has 2 atom stereocenters. The monoisotopic (exact) mass is 323 g/mol. The van der Waals surface area contributed by atoms with Gasteiger partial charge in [0.1, 0.15) is 4.88 Å². The van der Waals surface area contributed by atoms with Crippen molar-refractivity contribution < 1.29 is 4.79 Å². The molecule has 3 rings (SSSR count). The largest absolute Gasteiger partial charge is 0.343 e. The zero-order valence-electron chi connectivity index (χ0n) is 9.34. The predicted octanol–water partition coefficient (Wildman–Crippen LogP) is 2.33. The molecular weight excluding hydrogens is 314 g/mol. The number of hydrogen-bond donors (Lipinski definition) is 1. The molecule has 1 heterocycles. The van der Waals surface area contributed by atoms with Crippen molar-refractivity contribution in [3.8, 4) is 0 Å². The van der Waals surface area contributed by atoms with Gasteiger partial charge in [0.05, 0.1) is 12.2 Å². The molecule has 0 saturated carbocycles. The van der Waals surface area contributed by atoms with Gasteiger partial charge in [-0.2, -0.15) is 0 Å². The van der Waals surface area contributed by atoms with Crippen LogP contribution in [0.1, 0.15) is 26.8 Å². The van der Waals surface area contributed by atoms with Gasteiger partial charge in [-0.1, -0.05) is 44.7 Å². The summed E-state index contributed by atoms with van der Waals surface area (Å²) in [6.45, 7) is 0. The van der Waals surface area contributed by atoms with E-state index in [4.69, 9.17) is 0 Å². The van der Waals surface area contributed by atoms with Crippen molar-refractivity contribution in [3.63, 3.8) is 0 Å². The minimum absolute atomic E-state index is 0.0100. The van der Waals surface area contributed by atoms with Crippen LogP contribution in [0.4, 0.5) is 0 Å². The fourth-order valence-corrected chi connectivity index (χ4v) is 3.38. The van der Waals surface area contributed by atoms with Crippen LogP contribution < -0.4 is 5.32 Å². The summed E-state index contributed by atoms with van der Waals surface area (Å²) >= 11 is 4.74. The van der Waals surface area contributed by atoms with Gasteiger partial charge in [0, 0.05) is 4.83 Å². The van der Waals surface area contributed by atoms with Gasteiger partial charge >= 0.3 is 0 Å². The number of aromatic nitrogens is 2. The van der Waals surface area contributed by atoms with E-state index in [0.717, 1.165) is 18.0 Å². The van der Waals surface area contributed by atoms with Crippen LogP contribution in [-0.4, -0.2) is 20.3 Å². The zero-order chi connectivity index (χ0) is 12.5. The van der Waals surface area contributed by atoms with Crippen LogP contribution >= 0.6 is 27.5 Å². The second kappa shape index (κ2) is 4.78. The Labute approximate surface area is 117 Å². The maximum atomic E-state index is 12.0. The summed E-state index contributed by atoms with van der Waals surface area (Å²) in [6.07, 6.45) is 2.42. The van der Waals surface area contributed by atoms with Crippen molar-refractivity contribution in [2.45, 2.75) is 17.3 Å². The van der Waals surface area contributed by atoms with Gasteiger partial charge in [-0.25, -0.2) is 0 Å². The summed E-state index contributed by atoms with van der Waals surface area (Å²) in [6, 6.07) is 8.19. The van der Waals surface area contributed by atoms with Crippen LogP contribution in [0, 0.1) is 0 Å². The molecule has 1 aromatic heterocycles. The third kappa shape index (κ3) is 2.06. The molecule has 1 N–H and O–H groups in total. The van der Waals surface area contributed by atoms with Crippen LogP contribution in [0.5, 0.6) is 0 Å². The number of halogens is 1. The molecule has 0 aliphatic heterocycles. The first-order valence-corrected chi connectivity index (χ1v) is 7.24. The van der Waals surface area contributed by atoms with E-state index in [1.165, 1.54) is 17.3 Å². The normalized spacial score (nSPS) is 21.6. The molecular formula is C12H10BrN3OS. The second-order valence-corrected chi connectivity index (χ2v) is 6.11. The third-order valence-electron chi connectivity index (χ3n) is 3.04. The number of alkyl halides is 1. The molecule has 18 heavy (non-hydrogen) atoms. The summed E-state index contributed by atoms with van der Waals surface area (Å²) < 4.78 is 3.70. The highest BCUT2D eigenvalue weighted by atomic mass is 79.9. The van der Waals surface area contributed by atoms with E-state index >= 15 is 0 Å². The van der Waals surface area contributed by atoms with Crippen LogP contribution in [0.3, 0.4) is 0 Å². The molecule has 1 aliphatic rings. The molecule has 2 unspecified atom stereocenters. The van der Waals surface area contributed by atoms with E-state index in [-0.39, 0.29) is 16.8 Å². The molecule has 0 bridgehead atoms. The summed E-state index contributed by atoms with van der Waals surface area (Å²) in [4.78, 5) is 12.8. The first-order valence-electron chi connectivity index (χ1n) is 5.56. The number of benzene rings is 1. The summed E-state index contributed by atoms with van der Waals surface area (Å²) in [5.74, 6) is -0.115. The number of nitrogens with one attached hydrogen (secondary N) is 1. The van der Waals surface area contributed by atoms with E-state index in [1.807, 2.05) is 12.1 Å². The number of nitrogens with zero attached hydrogens (tertiary/aromatic N) is 2. The van der Waals surface area contributed by atoms with Crippen molar-refractivity contribution in [1.82, 2.24) is 14.9 Å². The van der Waals surface area contributed by atoms with Crippen LogP contribution in [0.15, 0.2) is 30.5 Å². The average molecular weight is 324 g/mol. The van der Waals surface area contributed by atoms with Gasteiger partial charge < -0.3 is 5.32 Å². The van der Waals surface area contributed by atoms with Crippen molar-refractivity contribution in [2.75, 3.05) is 0 Å².